The SMILES string of the molecule is CC(=O)N[C@@H](COP(=O)(O)OCCNC(=O)NCCOP(=O)(O)OC[C@@H](CC1CCC(=O)O1)NC(C)=O)CC1CCC(=O)O1. The summed E-state index contributed by atoms with van der Waals surface area (Å²) >= 11 is 0. The molecule has 0 saturated carbocycles. The van der Waals surface area contributed by atoms with Gasteiger partial charge >= 0.3 is 33.6 Å². The molecule has 4 unspecified atom stereocenters. The quantitative estimate of drug-likeness (QED) is 0.0553. The molecule has 2 heterocycles. The van der Waals surface area contributed by atoms with Crippen LogP contribution in [0.5, 0.6) is 0 Å². The lowest BCUT2D eigenvalue weighted by atomic mass is 10.1. The van der Waals surface area contributed by atoms with Gasteiger partial charge in [-0.1, -0.05) is 0 Å². The van der Waals surface area contributed by atoms with Crippen LogP contribution in [-0.4, -0.2) is 103 Å². The van der Waals surface area contributed by atoms with Crippen LogP contribution in [0.1, 0.15) is 52.4 Å². The zero-order chi connectivity index (χ0) is 32.8. The predicted octanol–water partition coefficient (Wildman–Crippen LogP) is -0.246. The number of hydrogen-bond acceptors (Lipinski definition) is 13. The van der Waals surface area contributed by atoms with Crippen LogP contribution in [0.15, 0.2) is 0 Å². The molecular formula is C23H40N4O15P2. The first-order chi connectivity index (χ1) is 20.6. The van der Waals surface area contributed by atoms with Crippen LogP contribution < -0.4 is 21.3 Å². The largest absolute Gasteiger partial charge is 0.472 e. The molecule has 0 aliphatic carbocycles. The molecule has 19 nitrogen and oxygen atoms in total. The Balaban J connectivity index is 1.60. The van der Waals surface area contributed by atoms with Crippen molar-refractivity contribution < 1.29 is 70.5 Å². The van der Waals surface area contributed by atoms with E-state index in [1.165, 1.54) is 13.8 Å². The number of phosphoric acid groups is 2. The third-order valence-corrected chi connectivity index (χ3v) is 7.98. The number of urea groups is 1. The maximum atomic E-state index is 12.2. The van der Waals surface area contributed by atoms with E-state index in [0.717, 1.165) is 0 Å². The lowest BCUT2D eigenvalue weighted by molar-refractivity contribution is -0.142. The number of carbonyl (C=O) groups is 5. The van der Waals surface area contributed by atoms with Gasteiger partial charge in [0.05, 0.1) is 38.5 Å². The second-order valence-electron chi connectivity index (χ2n) is 9.95. The van der Waals surface area contributed by atoms with E-state index in [1.807, 2.05) is 0 Å². The van der Waals surface area contributed by atoms with Gasteiger partial charge in [0, 0.05) is 52.6 Å². The van der Waals surface area contributed by atoms with E-state index in [1.54, 1.807) is 0 Å². The van der Waals surface area contributed by atoms with Gasteiger partial charge in [-0.2, -0.15) is 0 Å². The summed E-state index contributed by atoms with van der Waals surface area (Å²) in [5.41, 5.74) is 0. The van der Waals surface area contributed by atoms with Gasteiger partial charge in [0.15, 0.2) is 0 Å². The molecule has 252 valence electrons. The minimum atomic E-state index is -4.55. The highest BCUT2D eigenvalue weighted by Gasteiger charge is 2.31. The summed E-state index contributed by atoms with van der Waals surface area (Å²) in [4.78, 5) is 77.1. The fraction of sp³-hybridized carbons (Fsp3) is 0.783. The second-order valence-corrected chi connectivity index (χ2v) is 12.9. The minimum absolute atomic E-state index is 0.186. The van der Waals surface area contributed by atoms with Crippen LogP contribution in [-0.2, 0) is 55.9 Å². The number of carbonyl (C=O) groups excluding carboxylic acids is 5. The maximum absolute atomic E-state index is 12.2. The zero-order valence-corrected chi connectivity index (χ0v) is 26.2. The number of rotatable bonds is 20. The van der Waals surface area contributed by atoms with Crippen molar-refractivity contribution in [1.29, 1.82) is 0 Å². The highest BCUT2D eigenvalue weighted by Crippen LogP contribution is 2.44. The number of cyclic esters (lactones) is 2. The van der Waals surface area contributed by atoms with Crippen LogP contribution in [0.2, 0.25) is 0 Å². The van der Waals surface area contributed by atoms with Crippen LogP contribution in [0, 0.1) is 0 Å². The van der Waals surface area contributed by atoms with Gasteiger partial charge in [-0.15, -0.1) is 0 Å². The first-order valence-corrected chi connectivity index (χ1v) is 16.8. The van der Waals surface area contributed by atoms with Gasteiger partial charge in [-0.3, -0.25) is 37.3 Å². The van der Waals surface area contributed by atoms with E-state index in [-0.39, 0.29) is 50.7 Å². The molecule has 6 atom stereocenters. The minimum Gasteiger partial charge on any atom is -0.462 e. The molecule has 44 heavy (non-hydrogen) atoms. The van der Waals surface area contributed by atoms with E-state index in [9.17, 15) is 42.9 Å². The molecular weight excluding hydrogens is 634 g/mol. The Kier molecular flexibility index (Phi) is 15.7. The topological polar surface area (TPSA) is 263 Å². The number of esters is 2. The first kappa shape index (κ1) is 37.6. The highest BCUT2D eigenvalue weighted by atomic mass is 31.2. The molecule has 6 N–H and O–H groups in total. The third-order valence-electron chi connectivity index (χ3n) is 6.01. The van der Waals surface area contributed by atoms with Crippen molar-refractivity contribution in [1.82, 2.24) is 21.3 Å². The molecule has 2 rings (SSSR count). The fourth-order valence-corrected chi connectivity index (χ4v) is 5.73. The number of phosphoric ester groups is 2. The lowest BCUT2D eigenvalue weighted by Gasteiger charge is -2.22. The van der Waals surface area contributed by atoms with Crippen molar-refractivity contribution in [3.63, 3.8) is 0 Å². The van der Waals surface area contributed by atoms with Gasteiger partial charge in [-0.25, -0.2) is 13.9 Å². The smallest absolute Gasteiger partial charge is 0.462 e. The van der Waals surface area contributed by atoms with Crippen LogP contribution in [0.4, 0.5) is 4.79 Å². The fourth-order valence-electron chi connectivity index (χ4n) is 4.20. The number of hydrogen-bond donors (Lipinski definition) is 6. The van der Waals surface area contributed by atoms with Crippen molar-refractivity contribution in [2.24, 2.45) is 0 Å². The molecule has 0 aromatic carbocycles. The van der Waals surface area contributed by atoms with Gasteiger partial charge < -0.3 is 40.5 Å². The van der Waals surface area contributed by atoms with E-state index < -0.39 is 84.2 Å². The number of amides is 4. The predicted molar refractivity (Wildman–Crippen MR) is 148 cm³/mol. The molecule has 0 aromatic heterocycles. The second kappa shape index (κ2) is 18.4. The van der Waals surface area contributed by atoms with Crippen molar-refractivity contribution in [2.75, 3.05) is 39.5 Å². The lowest BCUT2D eigenvalue weighted by Crippen LogP contribution is -2.39. The Labute approximate surface area is 253 Å². The monoisotopic (exact) mass is 674 g/mol. The van der Waals surface area contributed by atoms with Crippen LogP contribution >= 0.6 is 15.6 Å². The average Bonchev–Trinajstić information content (AvgIpc) is 3.52. The standard InChI is InChI=1S/C23H40N4O15P2/c1-15(28)26-17(11-19-3-5-21(30)41-19)13-39-43(33,34)37-9-7-24-23(32)25-8-10-38-44(35,36)40-14-18(27-16(2)29)12-20-4-6-22(31)42-20/h17-20H,3-14H2,1-2H3,(H,26,28)(H,27,29)(H,33,34)(H,35,36)(H2,24,25,32)/t17-,18-,19?,20?/m1/s1. The van der Waals surface area contributed by atoms with Gasteiger partial charge in [-0.05, 0) is 12.8 Å². The Morgan fingerprint density at radius 3 is 1.48 bits per heavy atom. The molecule has 21 heteroatoms. The summed E-state index contributed by atoms with van der Waals surface area (Å²) in [5, 5.41) is 9.77. The van der Waals surface area contributed by atoms with Crippen molar-refractivity contribution in [3.8, 4) is 0 Å². The van der Waals surface area contributed by atoms with Gasteiger partial charge in [0.2, 0.25) is 11.8 Å². The average molecular weight is 675 g/mol. The summed E-state index contributed by atoms with van der Waals surface area (Å²) in [7, 11) is -9.11. The van der Waals surface area contributed by atoms with Crippen molar-refractivity contribution in [2.45, 2.75) is 76.7 Å². The highest BCUT2D eigenvalue weighted by molar-refractivity contribution is 7.47. The van der Waals surface area contributed by atoms with E-state index in [2.05, 4.69) is 21.3 Å². The Bertz CT molecular complexity index is 1030. The molecule has 0 aromatic rings. The third kappa shape index (κ3) is 16.4. The first-order valence-electron chi connectivity index (χ1n) is 13.8. The Morgan fingerprint density at radius 1 is 0.773 bits per heavy atom. The summed E-state index contributed by atoms with van der Waals surface area (Å²) in [6, 6.07) is -2.17. The summed E-state index contributed by atoms with van der Waals surface area (Å²) < 4.78 is 53.9. The van der Waals surface area contributed by atoms with Crippen molar-refractivity contribution >= 4 is 45.4 Å². The van der Waals surface area contributed by atoms with Crippen molar-refractivity contribution in [3.05, 3.63) is 0 Å². The van der Waals surface area contributed by atoms with Gasteiger partial charge in [0.25, 0.3) is 0 Å². The van der Waals surface area contributed by atoms with Crippen LogP contribution in [0.3, 0.4) is 0 Å². The Hall–Kier alpha value is -2.63. The Morgan fingerprint density at radius 2 is 1.16 bits per heavy atom. The maximum Gasteiger partial charge on any atom is 0.472 e. The molecule has 2 aliphatic heterocycles. The molecule has 2 fully saturated rings. The normalized spacial score (nSPS) is 22.1. The molecule has 2 saturated heterocycles. The molecule has 2 aliphatic rings. The summed E-state index contributed by atoms with van der Waals surface area (Å²) in [6.45, 7) is 0.469. The molecule has 0 bridgehead atoms. The van der Waals surface area contributed by atoms with E-state index >= 15 is 0 Å². The summed E-state index contributed by atoms with van der Waals surface area (Å²) in [6.07, 6.45) is 0.863. The van der Waals surface area contributed by atoms with Gasteiger partial charge in [0.1, 0.15) is 12.2 Å². The van der Waals surface area contributed by atoms with E-state index in [4.69, 9.17) is 27.6 Å². The molecule has 0 spiro atoms. The molecule has 0 radical (unpaired) electrons. The number of ether oxygens (including phenoxy) is 2. The summed E-state index contributed by atoms with van der Waals surface area (Å²) in [5.74, 6) is -1.55. The zero-order valence-electron chi connectivity index (χ0n) is 24.4. The molecule has 4 amide bonds. The van der Waals surface area contributed by atoms with E-state index in [0.29, 0.717) is 12.8 Å². The van der Waals surface area contributed by atoms with Crippen LogP contribution in [0.25, 0.3) is 0 Å². The number of nitrogens with one attached hydrogen (secondary N) is 4.